The molecule has 1 fully saturated rings. The van der Waals surface area contributed by atoms with Gasteiger partial charge in [-0.25, -0.2) is 0 Å². The Hall–Kier alpha value is -2.76. The third-order valence-electron chi connectivity index (χ3n) is 4.58. The Balaban J connectivity index is 1.87. The standard InChI is InChI=1S/C19H28N4O7/c1-2-30-14-4-5-15(17(12-14)23(27)28)21-18(24)13-16(19(25)26)20-6-3-7-22-8-10-29-11-9-22/h4-5,12,16,20H,2-3,6-11,13H2,1H3,(H,21,24)(H,25,26). The van der Waals surface area contributed by atoms with E-state index in [1.807, 2.05) is 0 Å². The van der Waals surface area contributed by atoms with Crippen molar-refractivity contribution in [1.29, 1.82) is 0 Å². The molecule has 11 nitrogen and oxygen atoms in total. The highest BCUT2D eigenvalue weighted by Crippen LogP contribution is 2.29. The number of carbonyl (C=O) groups is 2. The van der Waals surface area contributed by atoms with E-state index in [2.05, 4.69) is 15.5 Å². The molecule has 1 aromatic carbocycles. The molecular weight excluding hydrogens is 396 g/mol. The Kier molecular flexibility index (Phi) is 9.45. The highest BCUT2D eigenvalue weighted by atomic mass is 16.6. The summed E-state index contributed by atoms with van der Waals surface area (Å²) in [4.78, 5) is 36.7. The summed E-state index contributed by atoms with van der Waals surface area (Å²) in [5, 5.41) is 25.9. The summed E-state index contributed by atoms with van der Waals surface area (Å²) in [5.41, 5.74) is -0.329. The summed E-state index contributed by atoms with van der Waals surface area (Å²) >= 11 is 0. The van der Waals surface area contributed by atoms with E-state index < -0.39 is 22.8 Å². The molecule has 11 heteroatoms. The van der Waals surface area contributed by atoms with Gasteiger partial charge in [0.2, 0.25) is 5.91 Å². The Bertz CT molecular complexity index is 738. The molecule has 30 heavy (non-hydrogen) atoms. The Labute approximate surface area is 174 Å². The molecule has 0 aliphatic carbocycles. The summed E-state index contributed by atoms with van der Waals surface area (Å²) in [6.45, 7) is 6.45. The fourth-order valence-corrected chi connectivity index (χ4v) is 3.06. The van der Waals surface area contributed by atoms with Gasteiger partial charge in [-0.1, -0.05) is 0 Å². The lowest BCUT2D eigenvalue weighted by atomic mass is 10.1. The van der Waals surface area contributed by atoms with Crippen LogP contribution in [0.1, 0.15) is 19.8 Å². The summed E-state index contributed by atoms with van der Waals surface area (Å²) in [6.07, 6.45) is 0.382. The van der Waals surface area contributed by atoms with Crippen LogP contribution in [-0.2, 0) is 14.3 Å². The lowest BCUT2D eigenvalue weighted by molar-refractivity contribution is -0.384. The van der Waals surface area contributed by atoms with Gasteiger partial charge in [0, 0.05) is 13.1 Å². The average molecular weight is 424 g/mol. The Morgan fingerprint density at radius 2 is 2.10 bits per heavy atom. The van der Waals surface area contributed by atoms with Crippen LogP contribution in [0.2, 0.25) is 0 Å². The fourth-order valence-electron chi connectivity index (χ4n) is 3.06. The van der Waals surface area contributed by atoms with Gasteiger partial charge >= 0.3 is 5.97 Å². The highest BCUT2D eigenvalue weighted by molar-refractivity contribution is 5.95. The van der Waals surface area contributed by atoms with Crippen LogP contribution in [0.15, 0.2) is 18.2 Å². The van der Waals surface area contributed by atoms with Crippen molar-refractivity contribution in [2.24, 2.45) is 0 Å². The monoisotopic (exact) mass is 424 g/mol. The lowest BCUT2D eigenvalue weighted by Crippen LogP contribution is -2.42. The van der Waals surface area contributed by atoms with Crippen molar-refractivity contribution < 1.29 is 29.1 Å². The van der Waals surface area contributed by atoms with Crippen LogP contribution in [0.3, 0.4) is 0 Å². The number of carboxylic acids is 1. The zero-order chi connectivity index (χ0) is 21.9. The van der Waals surface area contributed by atoms with Crippen molar-refractivity contribution in [3.63, 3.8) is 0 Å². The summed E-state index contributed by atoms with van der Waals surface area (Å²) < 4.78 is 10.5. The SMILES string of the molecule is CCOc1ccc(NC(=O)CC(NCCCN2CCOCC2)C(=O)O)c([N+](=O)[O-])c1. The molecule has 0 radical (unpaired) electrons. The minimum atomic E-state index is -1.15. The summed E-state index contributed by atoms with van der Waals surface area (Å²) in [7, 11) is 0. The molecule has 1 amide bonds. The molecule has 2 rings (SSSR count). The fraction of sp³-hybridized carbons (Fsp3) is 0.579. The number of anilines is 1. The van der Waals surface area contributed by atoms with Gasteiger partial charge in [0.25, 0.3) is 5.69 Å². The van der Waals surface area contributed by atoms with E-state index in [-0.39, 0.29) is 17.8 Å². The maximum Gasteiger partial charge on any atom is 0.321 e. The van der Waals surface area contributed by atoms with Gasteiger partial charge in [0.15, 0.2) is 0 Å². The number of carboxylic acid groups (broad SMARTS) is 1. The largest absolute Gasteiger partial charge is 0.494 e. The molecule has 0 saturated carbocycles. The number of hydrogen-bond acceptors (Lipinski definition) is 8. The zero-order valence-corrected chi connectivity index (χ0v) is 17.0. The first-order chi connectivity index (χ1) is 14.4. The molecule has 1 aliphatic rings. The third-order valence-corrected chi connectivity index (χ3v) is 4.58. The van der Waals surface area contributed by atoms with Crippen LogP contribution in [0, 0.1) is 10.1 Å². The first-order valence-electron chi connectivity index (χ1n) is 9.88. The zero-order valence-electron chi connectivity index (χ0n) is 17.0. The van der Waals surface area contributed by atoms with Gasteiger partial charge in [0.1, 0.15) is 17.5 Å². The van der Waals surface area contributed by atoms with E-state index in [9.17, 15) is 24.8 Å². The first-order valence-corrected chi connectivity index (χ1v) is 9.88. The number of morpholine rings is 1. The molecule has 0 bridgehead atoms. The van der Waals surface area contributed by atoms with Crippen LogP contribution >= 0.6 is 0 Å². The van der Waals surface area contributed by atoms with Crippen molar-refractivity contribution >= 4 is 23.3 Å². The van der Waals surface area contributed by atoms with E-state index in [1.54, 1.807) is 6.92 Å². The number of amides is 1. The first kappa shape index (κ1) is 23.5. The maximum absolute atomic E-state index is 12.3. The van der Waals surface area contributed by atoms with Crippen LogP contribution in [0.4, 0.5) is 11.4 Å². The molecule has 1 aromatic rings. The second-order valence-corrected chi connectivity index (χ2v) is 6.77. The van der Waals surface area contributed by atoms with E-state index in [0.717, 1.165) is 26.1 Å². The number of hydrogen-bond donors (Lipinski definition) is 3. The van der Waals surface area contributed by atoms with Crippen LogP contribution in [0.5, 0.6) is 5.75 Å². The normalized spacial score (nSPS) is 15.4. The van der Waals surface area contributed by atoms with Gasteiger partial charge < -0.3 is 25.2 Å². The number of nitro benzene ring substituents is 1. The molecule has 1 unspecified atom stereocenters. The number of carbonyl (C=O) groups excluding carboxylic acids is 1. The topological polar surface area (TPSA) is 143 Å². The van der Waals surface area contributed by atoms with Gasteiger partial charge in [-0.05, 0) is 38.6 Å². The summed E-state index contributed by atoms with van der Waals surface area (Å²) in [5.74, 6) is -1.47. The molecular formula is C19H28N4O7. The second kappa shape index (κ2) is 12.1. The van der Waals surface area contributed by atoms with Crippen molar-refractivity contribution in [2.45, 2.75) is 25.8 Å². The highest BCUT2D eigenvalue weighted by Gasteiger charge is 2.23. The molecule has 1 aliphatic heterocycles. The third kappa shape index (κ3) is 7.58. The molecule has 1 heterocycles. The molecule has 166 valence electrons. The Morgan fingerprint density at radius 3 is 2.73 bits per heavy atom. The minimum Gasteiger partial charge on any atom is -0.494 e. The average Bonchev–Trinajstić information content (AvgIpc) is 2.72. The number of nitrogens with one attached hydrogen (secondary N) is 2. The molecule has 0 aromatic heterocycles. The maximum atomic E-state index is 12.3. The summed E-state index contributed by atoms with van der Waals surface area (Å²) in [6, 6.07) is 3.01. The molecule has 1 atom stereocenters. The number of aliphatic carboxylic acids is 1. The van der Waals surface area contributed by atoms with E-state index in [0.29, 0.717) is 32.1 Å². The predicted octanol–water partition coefficient (Wildman–Crippen LogP) is 1.09. The van der Waals surface area contributed by atoms with Crippen molar-refractivity contribution in [1.82, 2.24) is 10.2 Å². The van der Waals surface area contributed by atoms with Gasteiger partial charge in [-0.2, -0.15) is 0 Å². The van der Waals surface area contributed by atoms with E-state index in [4.69, 9.17) is 9.47 Å². The molecule has 0 spiro atoms. The van der Waals surface area contributed by atoms with Crippen LogP contribution in [-0.4, -0.2) is 78.8 Å². The lowest BCUT2D eigenvalue weighted by Gasteiger charge is -2.26. The number of nitrogens with zero attached hydrogens (tertiary/aromatic N) is 2. The molecule has 1 saturated heterocycles. The van der Waals surface area contributed by atoms with Crippen LogP contribution in [0.25, 0.3) is 0 Å². The Morgan fingerprint density at radius 1 is 1.37 bits per heavy atom. The van der Waals surface area contributed by atoms with E-state index in [1.165, 1.54) is 18.2 Å². The van der Waals surface area contributed by atoms with Crippen molar-refractivity contribution in [3.8, 4) is 5.75 Å². The van der Waals surface area contributed by atoms with Gasteiger partial charge in [0.05, 0.1) is 37.2 Å². The number of ether oxygens (including phenoxy) is 2. The number of rotatable bonds is 12. The predicted molar refractivity (Wildman–Crippen MR) is 109 cm³/mol. The molecule has 3 N–H and O–H groups in total. The van der Waals surface area contributed by atoms with Crippen molar-refractivity contribution in [3.05, 3.63) is 28.3 Å². The second-order valence-electron chi connectivity index (χ2n) is 6.77. The quantitative estimate of drug-likeness (QED) is 0.255. The van der Waals surface area contributed by atoms with Gasteiger partial charge in [-0.3, -0.25) is 24.6 Å². The number of nitro groups is 1. The van der Waals surface area contributed by atoms with Crippen molar-refractivity contribution in [2.75, 3.05) is 51.3 Å². The van der Waals surface area contributed by atoms with Gasteiger partial charge in [-0.15, -0.1) is 0 Å². The van der Waals surface area contributed by atoms with E-state index >= 15 is 0 Å². The minimum absolute atomic E-state index is 0.00934. The number of benzene rings is 1. The smallest absolute Gasteiger partial charge is 0.321 e. The van der Waals surface area contributed by atoms with Crippen LogP contribution < -0.4 is 15.4 Å².